The van der Waals surface area contributed by atoms with Crippen molar-refractivity contribution in [3.8, 4) is 23.1 Å². The smallest absolute Gasteiger partial charge is 0.339 e. The maximum Gasteiger partial charge on any atom is 0.339 e. The summed E-state index contributed by atoms with van der Waals surface area (Å²) < 4.78 is 19.4. The SMILES string of the molecule is O=C(OC(C#CCC(CCc1ncc(-c2ccncc2)[nH]1)c1ccccc1)c1ccc(F)cc1)c1ccccc1. The lowest BCUT2D eigenvalue weighted by atomic mass is 9.91. The molecule has 2 atom stereocenters. The Balaban J connectivity index is 1.32. The summed E-state index contributed by atoms with van der Waals surface area (Å²) in [4.78, 5) is 24.9. The van der Waals surface area contributed by atoms with Crippen LogP contribution in [-0.2, 0) is 11.2 Å². The third-order valence-corrected chi connectivity index (χ3v) is 6.61. The number of nitrogens with zero attached hydrogens (tertiary/aromatic N) is 2. The molecular formula is C34H28FN3O2. The van der Waals surface area contributed by atoms with Gasteiger partial charge in [0.25, 0.3) is 0 Å². The highest BCUT2D eigenvalue weighted by Gasteiger charge is 2.17. The Labute approximate surface area is 233 Å². The number of carbonyl (C=O) groups excluding carboxylic acids is 1. The molecule has 0 bridgehead atoms. The van der Waals surface area contributed by atoms with Gasteiger partial charge in [-0.05, 0) is 54.3 Å². The molecule has 2 aromatic heterocycles. The summed E-state index contributed by atoms with van der Waals surface area (Å²) >= 11 is 0. The van der Waals surface area contributed by atoms with Crippen molar-refractivity contribution in [2.75, 3.05) is 0 Å². The fourth-order valence-corrected chi connectivity index (χ4v) is 4.43. The number of carbonyl (C=O) groups is 1. The molecule has 5 aromatic rings. The maximum atomic E-state index is 13.6. The van der Waals surface area contributed by atoms with Crippen LogP contribution >= 0.6 is 0 Å². The van der Waals surface area contributed by atoms with Crippen molar-refractivity contribution in [1.29, 1.82) is 0 Å². The molecule has 0 saturated carbocycles. The maximum absolute atomic E-state index is 13.6. The Kier molecular flexibility index (Phi) is 8.75. The van der Waals surface area contributed by atoms with Gasteiger partial charge in [0.15, 0.2) is 6.10 Å². The number of esters is 1. The summed E-state index contributed by atoms with van der Waals surface area (Å²) in [7, 11) is 0. The normalized spacial score (nSPS) is 12.1. The molecule has 0 fully saturated rings. The third kappa shape index (κ3) is 7.09. The van der Waals surface area contributed by atoms with Gasteiger partial charge in [0.1, 0.15) is 11.6 Å². The molecule has 0 spiro atoms. The number of ether oxygens (including phenoxy) is 1. The molecule has 0 aliphatic carbocycles. The van der Waals surface area contributed by atoms with Crippen molar-refractivity contribution in [3.63, 3.8) is 0 Å². The highest BCUT2D eigenvalue weighted by Crippen LogP contribution is 2.26. The van der Waals surface area contributed by atoms with Gasteiger partial charge in [0.05, 0.1) is 17.5 Å². The van der Waals surface area contributed by atoms with Crippen molar-refractivity contribution in [3.05, 3.63) is 144 Å². The van der Waals surface area contributed by atoms with Gasteiger partial charge in [-0.3, -0.25) is 4.98 Å². The van der Waals surface area contributed by atoms with E-state index in [1.807, 2.05) is 42.6 Å². The van der Waals surface area contributed by atoms with Gasteiger partial charge >= 0.3 is 5.97 Å². The van der Waals surface area contributed by atoms with Crippen LogP contribution in [0.25, 0.3) is 11.3 Å². The standard InChI is InChI=1S/C34H28FN3O2/c35-30-17-14-28(15-18-30)32(40-34(39)29-10-5-2-6-11-29)13-7-12-26(25-8-3-1-4-9-25)16-19-33-37-24-31(38-33)27-20-22-36-23-21-27/h1-6,8-11,14-15,17-18,20-24,26,32H,12,16,19H2,(H,37,38). The van der Waals surface area contributed by atoms with Gasteiger partial charge in [0, 0.05) is 36.4 Å². The number of aromatic amines is 1. The molecular weight excluding hydrogens is 501 g/mol. The minimum Gasteiger partial charge on any atom is -0.441 e. The lowest BCUT2D eigenvalue weighted by molar-refractivity contribution is 0.0407. The fourth-order valence-electron chi connectivity index (χ4n) is 4.43. The van der Waals surface area contributed by atoms with Gasteiger partial charge in [-0.2, -0.15) is 0 Å². The number of benzene rings is 3. The zero-order chi connectivity index (χ0) is 27.6. The summed E-state index contributed by atoms with van der Waals surface area (Å²) in [5, 5.41) is 0. The van der Waals surface area contributed by atoms with Crippen LogP contribution in [-0.4, -0.2) is 20.9 Å². The number of aryl methyl sites for hydroxylation is 1. The number of halogens is 1. The summed E-state index contributed by atoms with van der Waals surface area (Å²) in [5.41, 5.74) is 4.22. The second kappa shape index (κ2) is 13.2. The Morgan fingerprint density at radius 2 is 1.57 bits per heavy atom. The van der Waals surface area contributed by atoms with E-state index in [4.69, 9.17) is 4.74 Å². The van der Waals surface area contributed by atoms with Crippen molar-refractivity contribution in [2.24, 2.45) is 0 Å². The highest BCUT2D eigenvalue weighted by molar-refractivity contribution is 5.89. The quantitative estimate of drug-likeness (QED) is 0.160. The average Bonchev–Trinajstić information content (AvgIpc) is 3.49. The van der Waals surface area contributed by atoms with Gasteiger partial charge in [0.2, 0.25) is 0 Å². The minimum atomic E-state index is -0.822. The van der Waals surface area contributed by atoms with Crippen LogP contribution in [0, 0.1) is 17.7 Å². The molecule has 1 N–H and O–H groups in total. The number of aromatic nitrogens is 3. The Hall–Kier alpha value is -5.02. The van der Waals surface area contributed by atoms with Gasteiger partial charge in [-0.25, -0.2) is 14.2 Å². The molecule has 0 aliphatic rings. The average molecular weight is 530 g/mol. The van der Waals surface area contributed by atoms with Crippen LogP contribution in [0.2, 0.25) is 0 Å². The Morgan fingerprint density at radius 3 is 2.30 bits per heavy atom. The summed E-state index contributed by atoms with van der Waals surface area (Å²) in [5.74, 6) is 6.60. The second-order valence-corrected chi connectivity index (χ2v) is 9.35. The number of rotatable bonds is 9. The predicted octanol–water partition coefficient (Wildman–Crippen LogP) is 7.32. The fraction of sp³-hybridized carbons (Fsp3) is 0.147. The number of nitrogens with one attached hydrogen (secondary N) is 1. The van der Waals surface area contributed by atoms with Crippen LogP contribution in [0.3, 0.4) is 0 Å². The number of H-pyrrole nitrogens is 1. The van der Waals surface area contributed by atoms with Crippen molar-refractivity contribution in [2.45, 2.75) is 31.3 Å². The Morgan fingerprint density at radius 1 is 0.875 bits per heavy atom. The zero-order valence-corrected chi connectivity index (χ0v) is 21.8. The van der Waals surface area contributed by atoms with E-state index in [0.29, 0.717) is 17.5 Å². The largest absolute Gasteiger partial charge is 0.441 e. The molecule has 3 aromatic carbocycles. The van der Waals surface area contributed by atoms with E-state index in [0.717, 1.165) is 29.9 Å². The van der Waals surface area contributed by atoms with Crippen LogP contribution in [0.5, 0.6) is 0 Å². The predicted molar refractivity (Wildman–Crippen MR) is 153 cm³/mol. The van der Waals surface area contributed by atoms with Crippen LogP contribution < -0.4 is 0 Å². The topological polar surface area (TPSA) is 67.9 Å². The van der Waals surface area contributed by atoms with E-state index in [-0.39, 0.29) is 11.7 Å². The van der Waals surface area contributed by atoms with Crippen molar-refractivity contribution >= 4 is 5.97 Å². The van der Waals surface area contributed by atoms with E-state index in [2.05, 4.69) is 38.9 Å². The Bertz CT molecular complexity index is 1570. The molecule has 0 amide bonds. The van der Waals surface area contributed by atoms with Gasteiger partial charge in [-0.15, -0.1) is 0 Å². The monoisotopic (exact) mass is 529 g/mol. The van der Waals surface area contributed by atoms with Crippen molar-refractivity contribution < 1.29 is 13.9 Å². The molecule has 0 saturated heterocycles. The molecule has 6 heteroatoms. The van der Waals surface area contributed by atoms with E-state index in [1.54, 1.807) is 48.8 Å². The van der Waals surface area contributed by atoms with Gasteiger partial charge in [-0.1, -0.05) is 72.5 Å². The van der Waals surface area contributed by atoms with E-state index < -0.39 is 12.1 Å². The first-order valence-corrected chi connectivity index (χ1v) is 13.1. The van der Waals surface area contributed by atoms with Crippen LogP contribution in [0.4, 0.5) is 4.39 Å². The second-order valence-electron chi connectivity index (χ2n) is 9.35. The molecule has 0 radical (unpaired) electrons. The lowest BCUT2D eigenvalue weighted by Crippen LogP contribution is -2.10. The summed E-state index contributed by atoms with van der Waals surface area (Å²) in [6.07, 6.45) is 6.67. The lowest BCUT2D eigenvalue weighted by Gasteiger charge is -2.15. The molecule has 5 nitrogen and oxygen atoms in total. The number of hydrogen-bond donors (Lipinski definition) is 1. The first-order chi connectivity index (χ1) is 19.7. The van der Waals surface area contributed by atoms with Crippen LogP contribution in [0.1, 0.15) is 52.2 Å². The molecule has 5 rings (SSSR count). The summed E-state index contributed by atoms with van der Waals surface area (Å²) in [6.45, 7) is 0. The molecule has 2 heterocycles. The first-order valence-electron chi connectivity index (χ1n) is 13.1. The van der Waals surface area contributed by atoms with E-state index >= 15 is 0 Å². The summed E-state index contributed by atoms with van der Waals surface area (Å²) in [6, 6.07) is 28.8. The minimum absolute atomic E-state index is 0.141. The van der Waals surface area contributed by atoms with E-state index in [9.17, 15) is 9.18 Å². The zero-order valence-electron chi connectivity index (χ0n) is 21.8. The highest BCUT2D eigenvalue weighted by atomic mass is 19.1. The molecule has 40 heavy (non-hydrogen) atoms. The number of pyridine rings is 1. The number of imidazole rings is 1. The molecule has 2 unspecified atom stereocenters. The third-order valence-electron chi connectivity index (χ3n) is 6.61. The molecule has 198 valence electrons. The van der Waals surface area contributed by atoms with Crippen molar-refractivity contribution in [1.82, 2.24) is 15.0 Å². The van der Waals surface area contributed by atoms with Crippen LogP contribution in [0.15, 0.2) is 116 Å². The van der Waals surface area contributed by atoms with E-state index in [1.165, 1.54) is 17.7 Å². The number of hydrogen-bond acceptors (Lipinski definition) is 4. The van der Waals surface area contributed by atoms with Gasteiger partial charge < -0.3 is 9.72 Å². The first kappa shape index (κ1) is 26.6. The molecule has 0 aliphatic heterocycles.